The molecule has 2 aromatic carbocycles. The Bertz CT molecular complexity index is 922. The minimum Gasteiger partial charge on any atom is -0.497 e. The fraction of sp³-hybridized carbons (Fsp3) is 0.458. The van der Waals surface area contributed by atoms with Gasteiger partial charge in [-0.2, -0.15) is 4.31 Å². The Balaban J connectivity index is 1.77. The number of hydrogen-bond acceptors (Lipinski definition) is 4. The highest BCUT2D eigenvalue weighted by Gasteiger charge is 2.28. The number of hydrogen-bond donors (Lipinski definition) is 1. The lowest BCUT2D eigenvalue weighted by Gasteiger charge is -2.25. The molecule has 1 amide bonds. The summed E-state index contributed by atoms with van der Waals surface area (Å²) in [5.41, 5.74) is 0.832. The molecular weight excluding hydrogens is 412 g/mol. The molecule has 6 nitrogen and oxygen atoms in total. The summed E-state index contributed by atoms with van der Waals surface area (Å²) in [4.78, 5) is 13.0. The molecule has 0 atom stereocenters. The van der Waals surface area contributed by atoms with E-state index in [0.717, 1.165) is 31.2 Å². The van der Waals surface area contributed by atoms with Crippen LogP contribution in [0.1, 0.15) is 50.5 Å². The van der Waals surface area contributed by atoms with Crippen molar-refractivity contribution in [3.63, 3.8) is 0 Å². The lowest BCUT2D eigenvalue weighted by Crippen LogP contribution is -2.44. The van der Waals surface area contributed by atoms with E-state index in [-0.39, 0.29) is 29.9 Å². The Morgan fingerprint density at radius 2 is 1.58 bits per heavy atom. The van der Waals surface area contributed by atoms with Crippen LogP contribution in [0.25, 0.3) is 0 Å². The van der Waals surface area contributed by atoms with Gasteiger partial charge in [0.25, 0.3) is 0 Å². The van der Waals surface area contributed by atoms with Crippen LogP contribution in [0.3, 0.4) is 0 Å². The summed E-state index contributed by atoms with van der Waals surface area (Å²) < 4.78 is 33.1. The second kappa shape index (κ2) is 11.3. The highest BCUT2D eigenvalue weighted by Crippen LogP contribution is 2.22. The van der Waals surface area contributed by atoms with Crippen molar-refractivity contribution in [2.75, 3.05) is 13.7 Å². The molecule has 1 aliphatic rings. The number of carbonyl (C=O) groups is 1. The largest absolute Gasteiger partial charge is 0.497 e. The zero-order valence-corrected chi connectivity index (χ0v) is 18.9. The molecule has 0 bridgehead atoms. The van der Waals surface area contributed by atoms with Gasteiger partial charge in [-0.1, -0.05) is 62.4 Å². The van der Waals surface area contributed by atoms with E-state index >= 15 is 0 Å². The van der Waals surface area contributed by atoms with Crippen molar-refractivity contribution in [3.05, 3.63) is 60.2 Å². The van der Waals surface area contributed by atoms with Crippen molar-refractivity contribution < 1.29 is 17.9 Å². The molecule has 0 radical (unpaired) electrons. The molecule has 3 rings (SSSR count). The van der Waals surface area contributed by atoms with Crippen LogP contribution in [0.2, 0.25) is 0 Å². The van der Waals surface area contributed by atoms with Crippen LogP contribution in [0, 0.1) is 0 Å². The van der Waals surface area contributed by atoms with Crippen molar-refractivity contribution >= 4 is 15.9 Å². The predicted molar refractivity (Wildman–Crippen MR) is 121 cm³/mol. The fourth-order valence-corrected chi connectivity index (χ4v) is 5.33. The monoisotopic (exact) mass is 444 g/mol. The number of amides is 1. The van der Waals surface area contributed by atoms with Gasteiger partial charge in [0, 0.05) is 12.6 Å². The number of nitrogens with one attached hydrogen (secondary N) is 1. The summed E-state index contributed by atoms with van der Waals surface area (Å²) in [5, 5.41) is 3.08. The molecule has 2 aromatic rings. The van der Waals surface area contributed by atoms with Gasteiger partial charge in [0.05, 0.1) is 18.6 Å². The Morgan fingerprint density at radius 3 is 2.19 bits per heavy atom. The molecule has 7 heteroatoms. The van der Waals surface area contributed by atoms with E-state index in [1.165, 1.54) is 42.8 Å². The number of sulfonamides is 1. The van der Waals surface area contributed by atoms with Crippen LogP contribution in [-0.2, 0) is 21.4 Å². The summed E-state index contributed by atoms with van der Waals surface area (Å²) in [7, 11) is -2.32. The molecule has 0 spiro atoms. The van der Waals surface area contributed by atoms with Crippen LogP contribution in [-0.4, -0.2) is 38.3 Å². The first-order valence-electron chi connectivity index (χ1n) is 11.0. The van der Waals surface area contributed by atoms with Crippen molar-refractivity contribution in [3.8, 4) is 5.75 Å². The number of benzene rings is 2. The molecule has 1 saturated carbocycles. The van der Waals surface area contributed by atoms with Crippen molar-refractivity contribution in [2.24, 2.45) is 0 Å². The van der Waals surface area contributed by atoms with E-state index in [9.17, 15) is 13.2 Å². The number of methoxy groups -OCH3 is 1. The molecule has 168 valence electrons. The molecule has 1 fully saturated rings. The molecule has 0 unspecified atom stereocenters. The van der Waals surface area contributed by atoms with E-state index in [0.29, 0.717) is 5.75 Å². The number of rotatable bonds is 8. The fourth-order valence-electron chi connectivity index (χ4n) is 3.94. The average Bonchev–Trinajstić information content (AvgIpc) is 2.76. The zero-order chi connectivity index (χ0) is 22.1. The van der Waals surface area contributed by atoms with Gasteiger partial charge in [0.1, 0.15) is 5.75 Å². The van der Waals surface area contributed by atoms with E-state index < -0.39 is 10.0 Å². The molecule has 31 heavy (non-hydrogen) atoms. The van der Waals surface area contributed by atoms with Crippen LogP contribution >= 0.6 is 0 Å². The van der Waals surface area contributed by atoms with E-state index in [2.05, 4.69) is 5.32 Å². The second-order valence-electron chi connectivity index (χ2n) is 8.04. The maximum absolute atomic E-state index is 13.4. The summed E-state index contributed by atoms with van der Waals surface area (Å²) in [6.45, 7) is -0.0763. The third kappa shape index (κ3) is 6.80. The number of nitrogens with zero attached hydrogens (tertiary/aromatic N) is 1. The third-order valence-electron chi connectivity index (χ3n) is 5.69. The standard InChI is InChI=1S/C24H32N2O4S/c1-30-22-14-16-23(17-15-22)31(28,29)26(18-20-10-6-5-7-11-20)19-24(27)25-21-12-8-3-2-4-9-13-21/h5-7,10-11,14-17,21H,2-4,8-9,12-13,18-19H2,1H3,(H,25,27). The Hall–Kier alpha value is -2.38. The van der Waals surface area contributed by atoms with Gasteiger partial charge in [-0.05, 0) is 42.7 Å². The topological polar surface area (TPSA) is 75.7 Å². The zero-order valence-electron chi connectivity index (χ0n) is 18.1. The molecule has 1 aliphatic carbocycles. The molecule has 1 N–H and O–H groups in total. The van der Waals surface area contributed by atoms with Crippen LogP contribution < -0.4 is 10.1 Å². The lowest BCUT2D eigenvalue weighted by molar-refractivity contribution is -0.122. The molecule has 0 aromatic heterocycles. The Labute approximate surface area is 185 Å². The van der Waals surface area contributed by atoms with Crippen molar-refractivity contribution in [2.45, 2.75) is 62.4 Å². The molecule has 0 aliphatic heterocycles. The smallest absolute Gasteiger partial charge is 0.243 e. The summed E-state index contributed by atoms with van der Waals surface area (Å²) in [6, 6.07) is 15.7. The van der Waals surface area contributed by atoms with Crippen LogP contribution in [0.15, 0.2) is 59.5 Å². The van der Waals surface area contributed by atoms with Gasteiger partial charge >= 0.3 is 0 Å². The minimum absolute atomic E-state index is 0.120. The summed E-state index contributed by atoms with van der Waals surface area (Å²) >= 11 is 0. The van der Waals surface area contributed by atoms with Crippen LogP contribution in [0.5, 0.6) is 5.75 Å². The first-order valence-corrected chi connectivity index (χ1v) is 12.4. The van der Waals surface area contributed by atoms with Gasteiger partial charge in [0.2, 0.25) is 15.9 Å². The Morgan fingerprint density at radius 1 is 0.968 bits per heavy atom. The third-order valence-corrected chi connectivity index (χ3v) is 7.50. The molecular formula is C24H32N2O4S. The molecule has 0 saturated heterocycles. The van der Waals surface area contributed by atoms with Gasteiger partial charge in [-0.25, -0.2) is 8.42 Å². The average molecular weight is 445 g/mol. The first-order chi connectivity index (χ1) is 15.0. The summed E-state index contributed by atoms with van der Waals surface area (Å²) in [6.07, 6.45) is 7.75. The van der Waals surface area contributed by atoms with Crippen molar-refractivity contribution in [1.82, 2.24) is 9.62 Å². The van der Waals surface area contributed by atoms with E-state index in [4.69, 9.17) is 4.74 Å². The van der Waals surface area contributed by atoms with Gasteiger partial charge in [-0.3, -0.25) is 4.79 Å². The number of ether oxygens (including phenoxy) is 1. The maximum Gasteiger partial charge on any atom is 0.243 e. The van der Waals surface area contributed by atoms with Gasteiger partial charge in [0.15, 0.2) is 0 Å². The normalized spacial score (nSPS) is 15.8. The second-order valence-corrected chi connectivity index (χ2v) is 9.98. The number of carbonyl (C=O) groups excluding carboxylic acids is 1. The van der Waals surface area contributed by atoms with Crippen molar-refractivity contribution in [1.29, 1.82) is 0 Å². The van der Waals surface area contributed by atoms with E-state index in [1.807, 2.05) is 30.3 Å². The molecule has 0 heterocycles. The van der Waals surface area contributed by atoms with Gasteiger partial charge < -0.3 is 10.1 Å². The highest BCUT2D eigenvalue weighted by atomic mass is 32.2. The lowest BCUT2D eigenvalue weighted by atomic mass is 9.97. The highest BCUT2D eigenvalue weighted by molar-refractivity contribution is 7.89. The SMILES string of the molecule is COc1ccc(S(=O)(=O)N(CC(=O)NC2CCCCCCC2)Cc2ccccc2)cc1. The van der Waals surface area contributed by atoms with Gasteiger partial charge in [-0.15, -0.1) is 0 Å². The quantitative estimate of drug-likeness (QED) is 0.665. The first kappa shape index (κ1) is 23.3. The summed E-state index contributed by atoms with van der Waals surface area (Å²) in [5.74, 6) is 0.328. The van der Waals surface area contributed by atoms with E-state index in [1.54, 1.807) is 12.1 Å². The Kier molecular flexibility index (Phi) is 8.49. The predicted octanol–water partition coefficient (Wildman–Crippen LogP) is 4.12. The maximum atomic E-state index is 13.4. The van der Waals surface area contributed by atoms with Crippen LogP contribution in [0.4, 0.5) is 0 Å². The minimum atomic E-state index is -3.86.